The van der Waals surface area contributed by atoms with Crippen LogP contribution in [0.1, 0.15) is 60.1 Å². The molecule has 3 aromatic carbocycles. The Labute approximate surface area is 217 Å². The third-order valence-electron chi connectivity index (χ3n) is 8.36. The first-order chi connectivity index (χ1) is 18.3. The summed E-state index contributed by atoms with van der Waals surface area (Å²) in [7, 11) is 0. The molecule has 3 aromatic rings. The summed E-state index contributed by atoms with van der Waals surface area (Å²) in [5.74, 6) is 0.0819. The summed E-state index contributed by atoms with van der Waals surface area (Å²) in [5.41, 5.74) is 8.57. The van der Waals surface area contributed by atoms with E-state index in [1.54, 1.807) is 0 Å². The van der Waals surface area contributed by atoms with E-state index < -0.39 is 0 Å². The van der Waals surface area contributed by atoms with Crippen molar-refractivity contribution in [3.63, 3.8) is 0 Å². The molecule has 2 unspecified atom stereocenters. The van der Waals surface area contributed by atoms with Gasteiger partial charge in [-0.25, -0.2) is 4.79 Å². The molecule has 0 aromatic heterocycles. The van der Waals surface area contributed by atoms with E-state index in [2.05, 4.69) is 78.9 Å². The van der Waals surface area contributed by atoms with Crippen molar-refractivity contribution in [2.45, 2.75) is 50.0 Å². The quantitative estimate of drug-likeness (QED) is 0.406. The second kappa shape index (κ2) is 9.47. The van der Waals surface area contributed by atoms with E-state index in [0.717, 1.165) is 31.2 Å². The van der Waals surface area contributed by atoms with Gasteiger partial charge in [0.15, 0.2) is 6.29 Å². The van der Waals surface area contributed by atoms with Gasteiger partial charge in [0.2, 0.25) is 0 Å². The average molecular weight is 494 g/mol. The zero-order chi connectivity index (χ0) is 24.8. The normalized spacial score (nSPS) is 22.9. The van der Waals surface area contributed by atoms with E-state index in [1.807, 2.05) is 4.90 Å². The fourth-order valence-electron chi connectivity index (χ4n) is 6.60. The van der Waals surface area contributed by atoms with Gasteiger partial charge in [-0.1, -0.05) is 78.9 Å². The number of rotatable bonds is 4. The van der Waals surface area contributed by atoms with Gasteiger partial charge in [-0.15, -0.1) is 0 Å². The third-order valence-corrected chi connectivity index (χ3v) is 8.36. The van der Waals surface area contributed by atoms with Crippen LogP contribution < -0.4 is 0 Å². The molecule has 0 saturated carbocycles. The smallest absolute Gasteiger partial charge is 0.410 e. The zero-order valence-electron chi connectivity index (χ0n) is 20.8. The van der Waals surface area contributed by atoms with Crippen molar-refractivity contribution in [1.29, 1.82) is 0 Å². The lowest BCUT2D eigenvalue weighted by Gasteiger charge is -2.44. The lowest BCUT2D eigenvalue weighted by atomic mass is 9.83. The summed E-state index contributed by atoms with van der Waals surface area (Å²) in [6, 6.07) is 25.7. The predicted octanol–water partition coefficient (Wildman–Crippen LogP) is 6.69. The second-order valence-corrected chi connectivity index (χ2v) is 10.5. The van der Waals surface area contributed by atoms with Crippen LogP contribution in [0.15, 0.2) is 78.9 Å². The number of benzene rings is 3. The highest BCUT2D eigenvalue weighted by Crippen LogP contribution is 2.45. The molecule has 2 fully saturated rings. The summed E-state index contributed by atoms with van der Waals surface area (Å²) in [5, 5.41) is 0. The van der Waals surface area contributed by atoms with Gasteiger partial charge in [0.05, 0.1) is 19.3 Å². The Morgan fingerprint density at radius 2 is 1.54 bits per heavy atom. The number of hydrogen-bond donors (Lipinski definition) is 0. The lowest BCUT2D eigenvalue weighted by molar-refractivity contribution is -0.0441. The molecule has 7 rings (SSSR count). The number of piperidine rings is 1. The number of amides is 1. The molecular formula is C32H31NO4. The highest BCUT2D eigenvalue weighted by Gasteiger charge is 2.39. The van der Waals surface area contributed by atoms with Crippen molar-refractivity contribution >= 4 is 11.7 Å². The molecule has 1 amide bonds. The number of fused-ring (bicyclic) bond motifs is 5. The van der Waals surface area contributed by atoms with Crippen LogP contribution in [0.3, 0.4) is 0 Å². The van der Waals surface area contributed by atoms with Crippen molar-refractivity contribution in [3.05, 3.63) is 101 Å². The molecule has 2 atom stereocenters. The van der Waals surface area contributed by atoms with Crippen molar-refractivity contribution < 1.29 is 19.0 Å². The summed E-state index contributed by atoms with van der Waals surface area (Å²) in [4.78, 5) is 15.5. The van der Waals surface area contributed by atoms with E-state index in [0.29, 0.717) is 19.8 Å². The molecule has 1 aliphatic carbocycles. The molecule has 37 heavy (non-hydrogen) atoms. The SMILES string of the molecule is O=C(OCC1c2ccccc2-c2ccccc21)N1C2C=C(c3ccc(C4OCCO4)cc3)CC1CCC2. The Morgan fingerprint density at radius 1 is 0.865 bits per heavy atom. The van der Waals surface area contributed by atoms with Gasteiger partial charge >= 0.3 is 6.09 Å². The minimum Gasteiger partial charge on any atom is -0.448 e. The Morgan fingerprint density at radius 3 is 2.22 bits per heavy atom. The van der Waals surface area contributed by atoms with Crippen LogP contribution in [0.25, 0.3) is 16.7 Å². The van der Waals surface area contributed by atoms with Gasteiger partial charge in [0.25, 0.3) is 0 Å². The minimum atomic E-state index is -0.252. The van der Waals surface area contributed by atoms with Crippen molar-refractivity contribution in [2.75, 3.05) is 19.8 Å². The monoisotopic (exact) mass is 493 g/mol. The number of ether oxygens (including phenoxy) is 3. The molecule has 4 aliphatic rings. The van der Waals surface area contributed by atoms with Crippen LogP contribution in [-0.2, 0) is 14.2 Å². The van der Waals surface area contributed by atoms with Gasteiger partial charge < -0.3 is 14.2 Å². The van der Waals surface area contributed by atoms with Crippen LogP contribution in [0.5, 0.6) is 0 Å². The molecule has 3 heterocycles. The topological polar surface area (TPSA) is 48.0 Å². The van der Waals surface area contributed by atoms with Gasteiger partial charge in [-0.3, -0.25) is 4.90 Å². The Bertz CT molecular complexity index is 1300. The lowest BCUT2D eigenvalue weighted by Crippen LogP contribution is -2.51. The maximum Gasteiger partial charge on any atom is 0.410 e. The second-order valence-electron chi connectivity index (χ2n) is 10.5. The highest BCUT2D eigenvalue weighted by atomic mass is 16.7. The standard InChI is InChI=1S/C32H31NO4/c34-32(37-20-30-28-10-3-1-8-26(28)27-9-2-4-11-29(27)30)33-24-6-5-7-25(33)19-23(18-24)21-12-14-22(15-13-21)31-35-16-17-36-31/h1-4,8-15,18,24-25,30-31H,5-7,16-17,19-20H2. The van der Waals surface area contributed by atoms with E-state index in [-0.39, 0.29) is 30.4 Å². The summed E-state index contributed by atoms with van der Waals surface area (Å²) >= 11 is 0. The van der Waals surface area contributed by atoms with Crippen molar-refractivity contribution in [3.8, 4) is 11.1 Å². The van der Waals surface area contributed by atoms with Crippen LogP contribution in [-0.4, -0.2) is 42.9 Å². The highest BCUT2D eigenvalue weighted by molar-refractivity contribution is 5.79. The first kappa shape index (κ1) is 22.8. The first-order valence-electron chi connectivity index (χ1n) is 13.4. The zero-order valence-corrected chi connectivity index (χ0v) is 20.8. The molecule has 2 bridgehead atoms. The Balaban J connectivity index is 1.07. The Kier molecular flexibility index (Phi) is 5.83. The molecule has 5 heteroatoms. The first-order valence-corrected chi connectivity index (χ1v) is 13.4. The molecule has 188 valence electrons. The molecule has 0 spiro atoms. The largest absolute Gasteiger partial charge is 0.448 e. The molecule has 5 nitrogen and oxygen atoms in total. The maximum absolute atomic E-state index is 13.5. The molecular weight excluding hydrogens is 462 g/mol. The van der Waals surface area contributed by atoms with Crippen LogP contribution in [0.4, 0.5) is 4.79 Å². The maximum atomic E-state index is 13.5. The molecule has 2 saturated heterocycles. The summed E-state index contributed by atoms with van der Waals surface area (Å²) < 4.78 is 17.3. The number of hydrogen-bond acceptors (Lipinski definition) is 4. The minimum absolute atomic E-state index is 0.0819. The van der Waals surface area contributed by atoms with Crippen molar-refractivity contribution in [1.82, 2.24) is 4.90 Å². The van der Waals surface area contributed by atoms with Crippen LogP contribution in [0.2, 0.25) is 0 Å². The van der Waals surface area contributed by atoms with Crippen LogP contribution in [0, 0.1) is 0 Å². The van der Waals surface area contributed by atoms with Crippen molar-refractivity contribution in [2.24, 2.45) is 0 Å². The predicted molar refractivity (Wildman–Crippen MR) is 142 cm³/mol. The molecule has 0 radical (unpaired) electrons. The van der Waals surface area contributed by atoms with Gasteiger partial charge in [-0.05, 0) is 59.1 Å². The third kappa shape index (κ3) is 4.07. The number of carbonyl (C=O) groups excluding carboxylic acids is 1. The molecule has 0 N–H and O–H groups in total. The Hall–Kier alpha value is -3.41. The fourth-order valence-corrected chi connectivity index (χ4v) is 6.60. The van der Waals surface area contributed by atoms with Crippen LogP contribution >= 0.6 is 0 Å². The summed E-state index contributed by atoms with van der Waals surface area (Å²) in [6.45, 7) is 1.66. The van der Waals surface area contributed by atoms with E-state index in [4.69, 9.17) is 14.2 Å². The molecule has 3 aliphatic heterocycles. The van der Waals surface area contributed by atoms with Gasteiger partial charge in [0, 0.05) is 17.5 Å². The fraction of sp³-hybridized carbons (Fsp3) is 0.344. The van der Waals surface area contributed by atoms with E-state index in [1.165, 1.54) is 33.4 Å². The van der Waals surface area contributed by atoms with Gasteiger partial charge in [0.1, 0.15) is 6.61 Å². The average Bonchev–Trinajstić information content (AvgIpc) is 3.58. The number of carbonyl (C=O) groups is 1. The van der Waals surface area contributed by atoms with E-state index >= 15 is 0 Å². The summed E-state index contributed by atoms with van der Waals surface area (Å²) in [6.07, 6.45) is 5.84. The number of nitrogens with zero attached hydrogens (tertiary/aromatic N) is 1. The van der Waals surface area contributed by atoms with E-state index in [9.17, 15) is 4.79 Å². The van der Waals surface area contributed by atoms with Gasteiger partial charge in [-0.2, -0.15) is 0 Å².